The fraction of sp³-hybridized carbons (Fsp3) is 0.353. The topological polar surface area (TPSA) is 58.1 Å². The van der Waals surface area contributed by atoms with Crippen LogP contribution in [-0.2, 0) is 17.4 Å². The van der Waals surface area contributed by atoms with Crippen LogP contribution in [0.25, 0.3) is 0 Å². The first kappa shape index (κ1) is 17.2. The van der Waals surface area contributed by atoms with Gasteiger partial charge in [0.25, 0.3) is 0 Å². The van der Waals surface area contributed by atoms with Crippen LogP contribution in [0.4, 0.5) is 24.7 Å². The summed E-state index contributed by atoms with van der Waals surface area (Å²) in [6.45, 7) is 2.46. The Morgan fingerprint density at radius 1 is 1.24 bits per heavy atom. The molecule has 1 N–H and O–H groups in total. The van der Waals surface area contributed by atoms with Crippen molar-refractivity contribution in [3.8, 4) is 0 Å². The van der Waals surface area contributed by atoms with E-state index >= 15 is 0 Å². The summed E-state index contributed by atoms with van der Waals surface area (Å²) >= 11 is 0. The van der Waals surface area contributed by atoms with Crippen LogP contribution < -0.4 is 10.2 Å². The molecule has 1 aromatic heterocycles. The van der Waals surface area contributed by atoms with E-state index in [0.29, 0.717) is 31.0 Å². The molecule has 1 amide bonds. The maximum absolute atomic E-state index is 12.8. The average Bonchev–Trinajstić information content (AvgIpc) is 2.58. The molecule has 132 valence electrons. The van der Waals surface area contributed by atoms with Gasteiger partial charge >= 0.3 is 6.18 Å². The predicted molar refractivity (Wildman–Crippen MR) is 86.4 cm³/mol. The van der Waals surface area contributed by atoms with Gasteiger partial charge < -0.3 is 10.2 Å². The number of anilines is 2. The molecule has 0 bridgehead atoms. The lowest BCUT2D eigenvalue weighted by Crippen LogP contribution is -2.39. The van der Waals surface area contributed by atoms with Gasteiger partial charge in [0.1, 0.15) is 0 Å². The molecule has 0 saturated carbocycles. The molecular formula is C17H17F3N4O. The van der Waals surface area contributed by atoms with Gasteiger partial charge in [-0.05, 0) is 36.6 Å². The fourth-order valence-corrected chi connectivity index (χ4v) is 2.89. The molecule has 5 nitrogen and oxygen atoms in total. The third-order valence-corrected chi connectivity index (χ3v) is 4.08. The lowest BCUT2D eigenvalue weighted by atomic mass is 9.97. The number of benzene rings is 1. The highest BCUT2D eigenvalue weighted by molar-refractivity contribution is 5.72. The largest absolute Gasteiger partial charge is 0.416 e. The number of aromatic nitrogens is 2. The van der Waals surface area contributed by atoms with E-state index < -0.39 is 11.7 Å². The monoisotopic (exact) mass is 350 g/mol. The first-order valence-corrected chi connectivity index (χ1v) is 7.83. The second-order valence-electron chi connectivity index (χ2n) is 5.99. The Balaban J connectivity index is 1.89. The minimum absolute atomic E-state index is 0.0930. The lowest BCUT2D eigenvalue weighted by molar-refractivity contribution is -0.137. The summed E-state index contributed by atoms with van der Waals surface area (Å²) in [6.07, 6.45) is -0.568. The van der Waals surface area contributed by atoms with Gasteiger partial charge in [-0.3, -0.25) is 9.78 Å². The molecule has 0 fully saturated rings. The van der Waals surface area contributed by atoms with Crippen LogP contribution in [0.2, 0.25) is 0 Å². The van der Waals surface area contributed by atoms with E-state index in [9.17, 15) is 18.0 Å². The number of amides is 1. The van der Waals surface area contributed by atoms with Crippen LogP contribution in [0.5, 0.6) is 0 Å². The Morgan fingerprint density at radius 2 is 1.92 bits per heavy atom. The molecule has 1 atom stereocenters. The lowest BCUT2D eigenvalue weighted by Gasteiger charge is -2.34. The Hall–Kier alpha value is -2.64. The number of hydrogen-bond donors (Lipinski definition) is 1. The van der Waals surface area contributed by atoms with Gasteiger partial charge in [0, 0.05) is 38.1 Å². The molecule has 2 aromatic rings. The molecule has 0 aliphatic carbocycles. The smallest absolute Gasteiger partial charge is 0.356 e. The molecule has 1 aromatic carbocycles. The van der Waals surface area contributed by atoms with Crippen LogP contribution in [0.15, 0.2) is 36.7 Å². The number of carbonyl (C=O) groups excluding carboxylic acids is 1. The fourth-order valence-electron chi connectivity index (χ4n) is 2.89. The zero-order valence-corrected chi connectivity index (χ0v) is 13.5. The Bertz CT molecular complexity index is 761. The summed E-state index contributed by atoms with van der Waals surface area (Å²) in [5.41, 5.74) is 0.689. The molecule has 1 unspecified atom stereocenters. The van der Waals surface area contributed by atoms with Gasteiger partial charge in [0.05, 0.1) is 11.3 Å². The van der Waals surface area contributed by atoms with Crippen molar-refractivity contribution in [3.05, 3.63) is 47.9 Å². The summed E-state index contributed by atoms with van der Waals surface area (Å²) in [7, 11) is 0. The number of fused-ring (bicyclic) bond motifs is 1. The first-order valence-electron chi connectivity index (χ1n) is 7.83. The zero-order chi connectivity index (χ0) is 18.0. The van der Waals surface area contributed by atoms with E-state index in [1.54, 1.807) is 12.4 Å². The van der Waals surface area contributed by atoms with Crippen LogP contribution in [-0.4, -0.2) is 29.0 Å². The van der Waals surface area contributed by atoms with Crippen molar-refractivity contribution >= 4 is 17.4 Å². The molecule has 1 aliphatic rings. The molecule has 0 saturated heterocycles. The number of hydrogen-bond acceptors (Lipinski definition) is 4. The van der Waals surface area contributed by atoms with Crippen LogP contribution in [0.3, 0.4) is 0 Å². The van der Waals surface area contributed by atoms with Crippen LogP contribution >= 0.6 is 0 Å². The second-order valence-corrected chi connectivity index (χ2v) is 5.99. The predicted octanol–water partition coefficient (Wildman–Crippen LogP) is 2.94. The van der Waals surface area contributed by atoms with Crippen molar-refractivity contribution in [2.45, 2.75) is 19.5 Å². The molecule has 1 aliphatic heterocycles. The summed E-state index contributed by atoms with van der Waals surface area (Å²) in [6, 6.07) is 4.98. The SMILES string of the molecule is CC(=O)NCC1Cc2nccnc2N(c2ccc(C(F)(F)F)cc2)C1. The van der Waals surface area contributed by atoms with Gasteiger partial charge in [0.2, 0.25) is 5.91 Å². The normalized spacial score (nSPS) is 17.1. The van der Waals surface area contributed by atoms with Gasteiger partial charge in [-0.25, -0.2) is 4.98 Å². The first-order chi connectivity index (χ1) is 11.8. The molecule has 0 radical (unpaired) electrons. The molecule has 25 heavy (non-hydrogen) atoms. The molecule has 2 heterocycles. The van der Waals surface area contributed by atoms with Crippen molar-refractivity contribution < 1.29 is 18.0 Å². The number of halogens is 3. The summed E-state index contributed by atoms with van der Waals surface area (Å²) in [5, 5.41) is 2.78. The molecule has 0 spiro atoms. The highest BCUT2D eigenvalue weighted by atomic mass is 19.4. The third-order valence-electron chi connectivity index (χ3n) is 4.08. The number of alkyl halides is 3. The third kappa shape index (κ3) is 3.89. The Labute approximate surface area is 142 Å². The van der Waals surface area contributed by atoms with Crippen LogP contribution in [0.1, 0.15) is 18.2 Å². The Kier molecular flexibility index (Phi) is 4.61. The highest BCUT2D eigenvalue weighted by Gasteiger charge is 2.31. The van der Waals surface area contributed by atoms with Gasteiger partial charge in [-0.2, -0.15) is 13.2 Å². The van der Waals surface area contributed by atoms with Crippen molar-refractivity contribution in [1.29, 1.82) is 0 Å². The van der Waals surface area contributed by atoms with E-state index in [4.69, 9.17) is 0 Å². The molecule has 8 heteroatoms. The number of nitrogens with one attached hydrogen (secondary N) is 1. The minimum atomic E-state index is -4.37. The van der Waals surface area contributed by atoms with E-state index in [2.05, 4.69) is 15.3 Å². The van der Waals surface area contributed by atoms with Gasteiger partial charge in [0.15, 0.2) is 5.82 Å². The standard InChI is InChI=1S/C17H17F3N4O/c1-11(25)23-9-12-8-15-16(22-7-6-21-15)24(10-12)14-4-2-13(3-5-14)17(18,19)20/h2-7,12H,8-10H2,1H3,(H,23,25). The number of nitrogens with zero attached hydrogens (tertiary/aromatic N) is 3. The Morgan fingerprint density at radius 3 is 2.56 bits per heavy atom. The number of carbonyl (C=O) groups is 1. The van der Waals surface area contributed by atoms with Gasteiger partial charge in [-0.15, -0.1) is 0 Å². The molecular weight excluding hydrogens is 333 g/mol. The average molecular weight is 350 g/mol. The van der Waals surface area contributed by atoms with Crippen molar-refractivity contribution in [1.82, 2.24) is 15.3 Å². The maximum Gasteiger partial charge on any atom is 0.416 e. The highest BCUT2D eigenvalue weighted by Crippen LogP contribution is 2.35. The van der Waals surface area contributed by atoms with E-state index in [-0.39, 0.29) is 11.8 Å². The quantitative estimate of drug-likeness (QED) is 0.925. The summed E-state index contributed by atoms with van der Waals surface area (Å²) in [5.74, 6) is 0.614. The molecule has 3 rings (SSSR count). The van der Waals surface area contributed by atoms with Crippen LogP contribution in [0, 0.1) is 5.92 Å². The van der Waals surface area contributed by atoms with Gasteiger partial charge in [-0.1, -0.05) is 0 Å². The zero-order valence-electron chi connectivity index (χ0n) is 13.5. The number of rotatable bonds is 3. The summed E-state index contributed by atoms with van der Waals surface area (Å²) < 4.78 is 38.3. The maximum atomic E-state index is 12.8. The summed E-state index contributed by atoms with van der Waals surface area (Å²) in [4.78, 5) is 21.7. The van der Waals surface area contributed by atoms with Crippen molar-refractivity contribution in [2.24, 2.45) is 5.92 Å². The van der Waals surface area contributed by atoms with Crippen molar-refractivity contribution in [3.63, 3.8) is 0 Å². The second kappa shape index (κ2) is 6.70. The van der Waals surface area contributed by atoms with Crippen molar-refractivity contribution in [2.75, 3.05) is 18.0 Å². The minimum Gasteiger partial charge on any atom is -0.356 e. The van der Waals surface area contributed by atoms with E-state index in [1.165, 1.54) is 19.1 Å². The van der Waals surface area contributed by atoms with E-state index in [0.717, 1.165) is 17.8 Å². The van der Waals surface area contributed by atoms with E-state index in [1.807, 2.05) is 4.90 Å².